The number of carbonyl (C=O) groups excluding carboxylic acids is 1. The minimum Gasteiger partial charge on any atom is -0.481 e. The van der Waals surface area contributed by atoms with E-state index in [1.165, 1.54) is 0 Å². The summed E-state index contributed by atoms with van der Waals surface area (Å²) in [7, 11) is 0. The summed E-state index contributed by atoms with van der Waals surface area (Å²) in [6.45, 7) is 0.876. The van der Waals surface area contributed by atoms with E-state index in [0.717, 1.165) is 42.6 Å². The quantitative estimate of drug-likeness (QED) is 0.747. The van der Waals surface area contributed by atoms with Gasteiger partial charge in [0.2, 0.25) is 5.91 Å². The van der Waals surface area contributed by atoms with Crippen LogP contribution in [-0.2, 0) is 16.6 Å². The van der Waals surface area contributed by atoms with Gasteiger partial charge in [-0.2, -0.15) is 0 Å². The zero-order valence-corrected chi connectivity index (χ0v) is 15.4. The molecule has 1 aliphatic carbocycles. The molecule has 1 N–H and O–H groups in total. The van der Waals surface area contributed by atoms with E-state index in [9.17, 15) is 4.79 Å². The topological polar surface area (TPSA) is 38.3 Å². The molecular formula is C22H22ClNO2. The first-order valence-corrected chi connectivity index (χ1v) is 9.21. The van der Waals surface area contributed by atoms with Gasteiger partial charge in [-0.25, -0.2) is 0 Å². The lowest BCUT2D eigenvalue weighted by molar-refractivity contribution is -0.129. The van der Waals surface area contributed by atoms with Gasteiger partial charge in [0.05, 0.1) is 5.41 Å². The van der Waals surface area contributed by atoms with Crippen molar-refractivity contribution in [2.75, 3.05) is 13.2 Å². The summed E-state index contributed by atoms with van der Waals surface area (Å²) in [4.78, 5) is 12.8. The molecule has 3 nitrogen and oxygen atoms in total. The maximum absolute atomic E-state index is 12.8. The number of benzene rings is 2. The van der Waals surface area contributed by atoms with Gasteiger partial charge in [0.15, 0.2) is 0 Å². The fourth-order valence-electron chi connectivity index (χ4n) is 3.31. The number of terminal acetylenes is 1. The molecule has 1 fully saturated rings. The predicted octanol–water partition coefficient (Wildman–Crippen LogP) is 4.13. The van der Waals surface area contributed by atoms with Gasteiger partial charge in [-0.15, -0.1) is 6.42 Å². The Labute approximate surface area is 159 Å². The molecule has 0 aliphatic heterocycles. The third kappa shape index (κ3) is 4.03. The molecule has 2 aromatic rings. The van der Waals surface area contributed by atoms with Crippen LogP contribution in [0.2, 0.25) is 5.02 Å². The van der Waals surface area contributed by atoms with Gasteiger partial charge in [0, 0.05) is 11.6 Å². The molecule has 4 heteroatoms. The van der Waals surface area contributed by atoms with Crippen LogP contribution in [0.5, 0.6) is 5.75 Å². The smallest absolute Gasteiger partial charge is 0.230 e. The summed E-state index contributed by atoms with van der Waals surface area (Å²) < 4.78 is 5.36. The van der Waals surface area contributed by atoms with Crippen LogP contribution < -0.4 is 10.1 Å². The first-order valence-electron chi connectivity index (χ1n) is 8.84. The van der Waals surface area contributed by atoms with Crippen molar-refractivity contribution in [3.05, 3.63) is 64.7 Å². The average Bonchev–Trinajstić information content (AvgIpc) is 2.62. The Hall–Kier alpha value is -2.44. The third-order valence-electron chi connectivity index (χ3n) is 4.98. The molecule has 0 unspecified atom stereocenters. The predicted molar refractivity (Wildman–Crippen MR) is 104 cm³/mol. The van der Waals surface area contributed by atoms with Crippen molar-refractivity contribution in [3.63, 3.8) is 0 Å². The average molecular weight is 368 g/mol. The standard InChI is InChI=1S/C22H22ClNO2/c1-2-16-26-20-10-4-17(5-11-20)12-15-24-21(25)22(13-3-14-22)18-6-8-19(23)9-7-18/h1,4-11H,3,12-16H2,(H,24,25). The van der Waals surface area contributed by atoms with Gasteiger partial charge in [-0.3, -0.25) is 4.79 Å². The van der Waals surface area contributed by atoms with E-state index in [-0.39, 0.29) is 12.5 Å². The lowest BCUT2D eigenvalue weighted by Crippen LogP contribution is -2.49. The van der Waals surface area contributed by atoms with Crippen molar-refractivity contribution in [1.29, 1.82) is 0 Å². The molecule has 134 valence electrons. The van der Waals surface area contributed by atoms with Crippen molar-refractivity contribution >= 4 is 17.5 Å². The highest BCUT2D eigenvalue weighted by Gasteiger charge is 2.45. The van der Waals surface area contributed by atoms with Crippen LogP contribution in [-0.4, -0.2) is 19.1 Å². The monoisotopic (exact) mass is 367 g/mol. The van der Waals surface area contributed by atoms with Crippen molar-refractivity contribution < 1.29 is 9.53 Å². The van der Waals surface area contributed by atoms with Crippen LogP contribution in [0.4, 0.5) is 0 Å². The Morgan fingerprint density at radius 3 is 2.42 bits per heavy atom. The van der Waals surface area contributed by atoms with Crippen LogP contribution in [0.25, 0.3) is 0 Å². The summed E-state index contributed by atoms with van der Waals surface area (Å²) in [5, 5.41) is 3.80. The number of hydrogen-bond acceptors (Lipinski definition) is 2. The van der Waals surface area contributed by atoms with E-state index < -0.39 is 5.41 Å². The zero-order valence-electron chi connectivity index (χ0n) is 14.6. The molecule has 2 aromatic carbocycles. The molecule has 1 saturated carbocycles. The minimum atomic E-state index is -0.391. The van der Waals surface area contributed by atoms with E-state index in [4.69, 9.17) is 22.8 Å². The van der Waals surface area contributed by atoms with Crippen LogP contribution in [0, 0.1) is 12.3 Å². The highest BCUT2D eigenvalue weighted by atomic mass is 35.5. The van der Waals surface area contributed by atoms with Crippen molar-refractivity contribution in [1.82, 2.24) is 5.32 Å². The Bertz CT molecular complexity index is 786. The highest BCUT2D eigenvalue weighted by molar-refractivity contribution is 6.30. The number of halogens is 1. The second kappa shape index (κ2) is 8.29. The van der Waals surface area contributed by atoms with E-state index in [2.05, 4.69) is 11.2 Å². The molecule has 0 radical (unpaired) electrons. The van der Waals surface area contributed by atoms with E-state index in [0.29, 0.717) is 11.6 Å². The molecular weight excluding hydrogens is 346 g/mol. The molecule has 0 heterocycles. The Balaban J connectivity index is 1.55. The first kappa shape index (κ1) is 18.4. The Morgan fingerprint density at radius 2 is 1.85 bits per heavy atom. The van der Waals surface area contributed by atoms with Crippen LogP contribution in [0.3, 0.4) is 0 Å². The third-order valence-corrected chi connectivity index (χ3v) is 5.24. The van der Waals surface area contributed by atoms with Crippen LogP contribution in [0.1, 0.15) is 30.4 Å². The van der Waals surface area contributed by atoms with E-state index in [1.54, 1.807) is 0 Å². The summed E-state index contributed by atoms with van der Waals surface area (Å²) in [6.07, 6.45) is 8.81. The number of rotatable bonds is 7. The summed E-state index contributed by atoms with van der Waals surface area (Å²) in [6, 6.07) is 15.4. The number of amides is 1. The largest absolute Gasteiger partial charge is 0.481 e. The van der Waals surface area contributed by atoms with Crippen molar-refractivity contribution in [2.24, 2.45) is 0 Å². The SMILES string of the molecule is C#CCOc1ccc(CCNC(=O)C2(c3ccc(Cl)cc3)CCC2)cc1. The number of hydrogen-bond donors (Lipinski definition) is 1. The molecule has 1 aliphatic rings. The second-order valence-corrected chi connectivity index (χ2v) is 7.02. The summed E-state index contributed by atoms with van der Waals surface area (Å²) in [5.41, 5.74) is 1.81. The number of nitrogens with one attached hydrogen (secondary N) is 1. The fourth-order valence-corrected chi connectivity index (χ4v) is 3.44. The van der Waals surface area contributed by atoms with Gasteiger partial charge < -0.3 is 10.1 Å². The molecule has 0 aromatic heterocycles. The summed E-state index contributed by atoms with van der Waals surface area (Å²) in [5.74, 6) is 3.31. The molecule has 1 amide bonds. The first-order chi connectivity index (χ1) is 12.6. The normalized spacial score (nSPS) is 14.8. The fraction of sp³-hybridized carbons (Fsp3) is 0.318. The zero-order chi connectivity index (χ0) is 18.4. The lowest BCUT2D eigenvalue weighted by Gasteiger charge is -2.40. The van der Waals surface area contributed by atoms with Gasteiger partial charge in [-0.05, 0) is 54.7 Å². The van der Waals surface area contributed by atoms with Gasteiger partial charge in [0.25, 0.3) is 0 Å². The van der Waals surface area contributed by atoms with Crippen molar-refractivity contribution in [3.8, 4) is 18.1 Å². The maximum atomic E-state index is 12.8. The maximum Gasteiger partial charge on any atom is 0.230 e. The number of ether oxygens (including phenoxy) is 1. The van der Waals surface area contributed by atoms with E-state index in [1.807, 2.05) is 48.5 Å². The Kier molecular flexibility index (Phi) is 5.85. The molecule has 26 heavy (non-hydrogen) atoms. The van der Waals surface area contributed by atoms with E-state index >= 15 is 0 Å². The van der Waals surface area contributed by atoms with Crippen molar-refractivity contribution in [2.45, 2.75) is 31.1 Å². The van der Waals surface area contributed by atoms with Gasteiger partial charge >= 0.3 is 0 Å². The lowest BCUT2D eigenvalue weighted by atomic mass is 9.64. The molecule has 0 saturated heterocycles. The van der Waals surface area contributed by atoms with Gasteiger partial charge in [0.1, 0.15) is 12.4 Å². The summed E-state index contributed by atoms with van der Waals surface area (Å²) >= 11 is 5.97. The van der Waals surface area contributed by atoms with Crippen LogP contribution >= 0.6 is 11.6 Å². The Morgan fingerprint density at radius 1 is 1.15 bits per heavy atom. The van der Waals surface area contributed by atoms with Crippen LogP contribution in [0.15, 0.2) is 48.5 Å². The minimum absolute atomic E-state index is 0.111. The number of carbonyl (C=O) groups is 1. The molecule has 0 bridgehead atoms. The highest BCUT2D eigenvalue weighted by Crippen LogP contribution is 2.44. The second-order valence-electron chi connectivity index (χ2n) is 6.59. The van der Waals surface area contributed by atoms with Gasteiger partial charge in [-0.1, -0.05) is 48.2 Å². The molecule has 0 spiro atoms. The molecule has 0 atom stereocenters. The molecule has 3 rings (SSSR count).